The van der Waals surface area contributed by atoms with E-state index in [1.807, 2.05) is 6.08 Å². The summed E-state index contributed by atoms with van der Waals surface area (Å²) in [7, 11) is 0. The van der Waals surface area contributed by atoms with Gasteiger partial charge in [-0.3, -0.25) is 0 Å². The molecule has 0 aliphatic heterocycles. The van der Waals surface area contributed by atoms with Crippen molar-refractivity contribution in [3.63, 3.8) is 0 Å². The minimum absolute atomic E-state index is 0.0851. The van der Waals surface area contributed by atoms with E-state index in [2.05, 4.69) is 31.3 Å². The van der Waals surface area contributed by atoms with E-state index < -0.39 is 12.2 Å². The number of hydrogen-bond donors (Lipinski definition) is 3. The third-order valence-electron chi connectivity index (χ3n) is 7.96. The van der Waals surface area contributed by atoms with Gasteiger partial charge in [-0.1, -0.05) is 37.6 Å². The lowest BCUT2D eigenvalue weighted by molar-refractivity contribution is -0.0256. The number of amides is 1. The first-order valence-corrected chi connectivity index (χ1v) is 9.42. The van der Waals surface area contributed by atoms with Gasteiger partial charge in [0.15, 0.2) is 0 Å². The van der Waals surface area contributed by atoms with Gasteiger partial charge in [-0.05, 0) is 61.7 Å². The van der Waals surface area contributed by atoms with Crippen molar-refractivity contribution in [3.05, 3.63) is 23.8 Å². The molecule has 3 fully saturated rings. The van der Waals surface area contributed by atoms with Crippen molar-refractivity contribution in [1.82, 2.24) is 5.32 Å². The van der Waals surface area contributed by atoms with E-state index in [0.717, 1.165) is 32.1 Å². The number of fused-ring (bicyclic) bond motifs is 5. The summed E-state index contributed by atoms with van der Waals surface area (Å²) in [5.41, 5.74) is 1.61. The van der Waals surface area contributed by atoms with Crippen LogP contribution >= 0.6 is 0 Å². The fourth-order valence-corrected chi connectivity index (χ4v) is 6.70. The van der Waals surface area contributed by atoms with E-state index in [9.17, 15) is 15.0 Å². The molecule has 4 rings (SSSR count). The molecule has 0 aromatic carbocycles. The maximum Gasteiger partial charge on any atom is 0.404 e. The Kier molecular flexibility index (Phi) is 3.61. The van der Waals surface area contributed by atoms with E-state index in [1.54, 1.807) is 0 Å². The molecule has 132 valence electrons. The summed E-state index contributed by atoms with van der Waals surface area (Å²) in [5, 5.41) is 21.9. The number of hydrogen-bond acceptors (Lipinski definition) is 2. The molecule has 0 aromatic rings. The van der Waals surface area contributed by atoms with Crippen molar-refractivity contribution in [2.45, 2.75) is 64.5 Å². The largest absolute Gasteiger partial charge is 0.465 e. The molecule has 4 nitrogen and oxygen atoms in total. The van der Waals surface area contributed by atoms with Crippen molar-refractivity contribution >= 4 is 6.09 Å². The highest BCUT2D eigenvalue weighted by atomic mass is 16.4. The minimum Gasteiger partial charge on any atom is -0.465 e. The van der Waals surface area contributed by atoms with Crippen molar-refractivity contribution < 1.29 is 15.0 Å². The molecule has 3 saturated carbocycles. The Labute approximate surface area is 144 Å². The molecule has 4 heteroatoms. The van der Waals surface area contributed by atoms with Gasteiger partial charge in [0.1, 0.15) is 0 Å². The second kappa shape index (κ2) is 5.35. The number of carboxylic acid groups (broad SMARTS) is 1. The van der Waals surface area contributed by atoms with Gasteiger partial charge >= 0.3 is 6.09 Å². The molecule has 0 heterocycles. The van der Waals surface area contributed by atoms with Gasteiger partial charge in [0.2, 0.25) is 0 Å². The lowest BCUT2D eigenvalue weighted by Gasteiger charge is -2.57. The molecule has 2 unspecified atom stereocenters. The summed E-state index contributed by atoms with van der Waals surface area (Å²) >= 11 is 0. The fraction of sp³-hybridized carbons (Fsp3) is 0.750. The SMILES string of the molecule is C[C@]12C=CC(O)C=C1CC[C@@H]1[C@H]2CC[C@]2(C)C(NC(=O)O)CC[C@@H]12. The minimum atomic E-state index is -0.881. The molecule has 1 amide bonds. The summed E-state index contributed by atoms with van der Waals surface area (Å²) in [5.74, 6) is 1.92. The molecule has 0 spiro atoms. The van der Waals surface area contributed by atoms with Gasteiger partial charge in [0.05, 0.1) is 6.10 Å². The lowest BCUT2D eigenvalue weighted by atomic mass is 9.48. The maximum absolute atomic E-state index is 11.2. The second-order valence-corrected chi connectivity index (χ2v) is 8.86. The quantitative estimate of drug-likeness (QED) is 0.641. The Morgan fingerprint density at radius 2 is 2.00 bits per heavy atom. The fourth-order valence-electron chi connectivity index (χ4n) is 6.70. The van der Waals surface area contributed by atoms with Crippen LogP contribution < -0.4 is 5.32 Å². The predicted octanol–water partition coefficient (Wildman–Crippen LogP) is 3.72. The van der Waals surface area contributed by atoms with Crippen LogP contribution in [-0.2, 0) is 0 Å². The molecule has 4 aliphatic rings. The maximum atomic E-state index is 11.2. The van der Waals surface area contributed by atoms with Gasteiger partial charge < -0.3 is 15.5 Å². The highest BCUT2D eigenvalue weighted by molar-refractivity contribution is 5.65. The van der Waals surface area contributed by atoms with Crippen LogP contribution in [0.3, 0.4) is 0 Å². The van der Waals surface area contributed by atoms with Gasteiger partial charge in [0, 0.05) is 11.5 Å². The van der Waals surface area contributed by atoms with Crippen LogP contribution in [0.5, 0.6) is 0 Å². The summed E-state index contributed by atoms with van der Waals surface area (Å²) in [6.07, 6.45) is 11.6. The zero-order valence-electron chi connectivity index (χ0n) is 14.7. The number of rotatable bonds is 1. The van der Waals surface area contributed by atoms with Crippen LogP contribution in [0.1, 0.15) is 52.4 Å². The van der Waals surface area contributed by atoms with E-state index in [-0.39, 0.29) is 16.9 Å². The molecule has 0 aromatic heterocycles. The van der Waals surface area contributed by atoms with E-state index in [0.29, 0.717) is 17.8 Å². The molecular weight excluding hydrogens is 302 g/mol. The van der Waals surface area contributed by atoms with Crippen LogP contribution in [0, 0.1) is 28.6 Å². The Balaban J connectivity index is 1.62. The monoisotopic (exact) mass is 331 g/mol. The predicted molar refractivity (Wildman–Crippen MR) is 92.6 cm³/mol. The van der Waals surface area contributed by atoms with Gasteiger partial charge in [-0.15, -0.1) is 0 Å². The average Bonchev–Trinajstić information content (AvgIpc) is 2.84. The lowest BCUT2D eigenvalue weighted by Crippen LogP contribution is -2.53. The number of aliphatic hydroxyl groups excluding tert-OH is 1. The summed E-state index contributed by atoms with van der Waals surface area (Å²) in [6, 6.07) is 0.106. The molecule has 3 N–H and O–H groups in total. The molecule has 7 atom stereocenters. The van der Waals surface area contributed by atoms with Gasteiger partial charge in [-0.25, -0.2) is 4.79 Å². The Hall–Kier alpha value is -1.29. The van der Waals surface area contributed by atoms with Crippen molar-refractivity contribution in [2.24, 2.45) is 28.6 Å². The summed E-state index contributed by atoms with van der Waals surface area (Å²) < 4.78 is 0. The number of allylic oxidation sites excluding steroid dienone is 2. The van der Waals surface area contributed by atoms with Crippen LogP contribution in [0.15, 0.2) is 23.8 Å². The zero-order valence-corrected chi connectivity index (χ0v) is 14.7. The van der Waals surface area contributed by atoms with Crippen LogP contribution in [0.4, 0.5) is 4.79 Å². The third-order valence-corrected chi connectivity index (χ3v) is 7.96. The van der Waals surface area contributed by atoms with Crippen molar-refractivity contribution in [3.8, 4) is 0 Å². The molecule has 0 radical (unpaired) electrons. The average molecular weight is 331 g/mol. The molecule has 24 heavy (non-hydrogen) atoms. The molecule has 4 aliphatic carbocycles. The Morgan fingerprint density at radius 3 is 2.75 bits per heavy atom. The standard InChI is InChI=1S/C20H29NO3/c1-19-9-7-13(22)11-12(19)3-4-14-15-5-6-17(21-18(23)24)20(15,2)10-8-16(14)19/h7,9,11,13-17,21-22H,3-6,8,10H2,1-2H3,(H,23,24)/t13?,14-,15-,16+,17?,19-,20-/m0/s1. The van der Waals surface area contributed by atoms with E-state index >= 15 is 0 Å². The van der Waals surface area contributed by atoms with Crippen LogP contribution in [0.2, 0.25) is 0 Å². The van der Waals surface area contributed by atoms with Crippen molar-refractivity contribution in [2.75, 3.05) is 0 Å². The Bertz CT molecular complexity index is 612. The Morgan fingerprint density at radius 1 is 1.21 bits per heavy atom. The van der Waals surface area contributed by atoms with Crippen LogP contribution in [-0.4, -0.2) is 28.5 Å². The summed E-state index contributed by atoms with van der Waals surface area (Å²) in [6.45, 7) is 4.66. The second-order valence-electron chi connectivity index (χ2n) is 8.86. The molecular formula is C20H29NO3. The first-order chi connectivity index (χ1) is 11.3. The highest BCUT2D eigenvalue weighted by Gasteiger charge is 2.58. The number of aliphatic hydroxyl groups is 1. The first-order valence-electron chi connectivity index (χ1n) is 9.42. The third kappa shape index (κ3) is 2.18. The topological polar surface area (TPSA) is 69.6 Å². The highest BCUT2D eigenvalue weighted by Crippen LogP contribution is 2.64. The van der Waals surface area contributed by atoms with E-state index in [4.69, 9.17) is 0 Å². The van der Waals surface area contributed by atoms with Gasteiger partial charge in [-0.2, -0.15) is 0 Å². The molecule has 0 bridgehead atoms. The van der Waals surface area contributed by atoms with E-state index in [1.165, 1.54) is 12.0 Å². The summed E-state index contributed by atoms with van der Waals surface area (Å²) in [4.78, 5) is 11.2. The first kappa shape index (κ1) is 16.2. The molecule has 0 saturated heterocycles. The van der Waals surface area contributed by atoms with Crippen LogP contribution in [0.25, 0.3) is 0 Å². The normalized spacial score (nSPS) is 49.6. The number of carbonyl (C=O) groups is 1. The smallest absolute Gasteiger partial charge is 0.404 e. The zero-order chi connectivity index (χ0) is 17.1. The number of nitrogens with one attached hydrogen (secondary N) is 1. The van der Waals surface area contributed by atoms with Gasteiger partial charge in [0.25, 0.3) is 0 Å². The van der Waals surface area contributed by atoms with Crippen molar-refractivity contribution in [1.29, 1.82) is 0 Å².